The molecule has 1 heterocycles. The number of ketones is 1. The van der Waals surface area contributed by atoms with E-state index < -0.39 is 5.60 Å². The summed E-state index contributed by atoms with van der Waals surface area (Å²) in [6.45, 7) is 9.58. The molecule has 2 heteroatoms. The number of hydrogen-bond donors (Lipinski definition) is 0. The Morgan fingerprint density at radius 1 is 1.45 bits per heavy atom. The number of rotatable bonds is 1. The molecule has 1 aliphatic rings. The first-order chi connectivity index (χ1) is 4.78. The molecule has 2 unspecified atom stereocenters. The third-order valence-electron chi connectivity index (χ3n) is 2.27. The first-order valence-corrected chi connectivity index (χ1v) is 4.01. The van der Waals surface area contributed by atoms with Gasteiger partial charge in [0.05, 0.1) is 6.10 Å². The highest BCUT2D eigenvalue weighted by molar-refractivity contribution is 5.94. The molecule has 0 aromatic heterocycles. The van der Waals surface area contributed by atoms with Crippen molar-refractivity contribution in [2.45, 2.75) is 46.3 Å². The lowest BCUT2D eigenvalue weighted by Gasteiger charge is -2.19. The van der Waals surface area contributed by atoms with Gasteiger partial charge in [-0.25, -0.2) is 0 Å². The van der Waals surface area contributed by atoms with Gasteiger partial charge in [-0.2, -0.15) is 0 Å². The lowest BCUT2D eigenvalue weighted by molar-refractivity contribution is -0.131. The molecule has 1 rings (SSSR count). The summed E-state index contributed by atoms with van der Waals surface area (Å²) in [4.78, 5) is 11.6. The second-order valence-electron chi connectivity index (χ2n) is 4.45. The number of ether oxygens (including phenoxy) is 1. The van der Waals surface area contributed by atoms with Gasteiger partial charge in [-0.1, -0.05) is 20.8 Å². The lowest BCUT2D eigenvalue weighted by atomic mass is 9.82. The summed E-state index contributed by atoms with van der Waals surface area (Å²) < 4.78 is 5.24. The quantitative estimate of drug-likeness (QED) is 0.541. The van der Waals surface area contributed by atoms with Gasteiger partial charge in [0.25, 0.3) is 0 Å². The van der Waals surface area contributed by atoms with Crippen molar-refractivity contribution < 1.29 is 9.53 Å². The third kappa shape index (κ3) is 1.32. The van der Waals surface area contributed by atoms with Crippen LogP contribution in [-0.4, -0.2) is 17.5 Å². The van der Waals surface area contributed by atoms with Gasteiger partial charge in [-0.05, 0) is 13.8 Å². The zero-order valence-electron chi connectivity index (χ0n) is 7.89. The van der Waals surface area contributed by atoms with Gasteiger partial charge < -0.3 is 4.74 Å². The van der Waals surface area contributed by atoms with Gasteiger partial charge in [0, 0.05) is 5.41 Å². The van der Waals surface area contributed by atoms with Gasteiger partial charge in [-0.15, -0.1) is 0 Å². The fraction of sp³-hybridized carbons (Fsp3) is 0.889. The number of epoxide rings is 1. The van der Waals surface area contributed by atoms with Crippen LogP contribution in [0.1, 0.15) is 34.6 Å². The SMILES string of the molecule is CC1OC1(C)C(=O)C(C)(C)C. The van der Waals surface area contributed by atoms with Crippen molar-refractivity contribution in [1.29, 1.82) is 0 Å². The summed E-state index contributed by atoms with van der Waals surface area (Å²) >= 11 is 0. The van der Waals surface area contributed by atoms with Crippen molar-refractivity contribution in [2.24, 2.45) is 5.41 Å². The molecule has 0 aromatic rings. The van der Waals surface area contributed by atoms with Crippen LogP contribution in [0.25, 0.3) is 0 Å². The Kier molecular flexibility index (Phi) is 1.64. The highest BCUT2D eigenvalue weighted by Crippen LogP contribution is 2.41. The van der Waals surface area contributed by atoms with Crippen LogP contribution in [0.15, 0.2) is 0 Å². The topological polar surface area (TPSA) is 29.6 Å². The molecule has 11 heavy (non-hydrogen) atoms. The maximum atomic E-state index is 11.6. The van der Waals surface area contributed by atoms with E-state index in [0.29, 0.717) is 0 Å². The van der Waals surface area contributed by atoms with E-state index in [9.17, 15) is 4.79 Å². The van der Waals surface area contributed by atoms with Gasteiger partial charge in [0.15, 0.2) is 11.4 Å². The molecule has 0 bridgehead atoms. The largest absolute Gasteiger partial charge is 0.358 e. The fourth-order valence-corrected chi connectivity index (χ4v) is 1.32. The van der Waals surface area contributed by atoms with Crippen molar-refractivity contribution in [1.82, 2.24) is 0 Å². The van der Waals surface area contributed by atoms with E-state index in [2.05, 4.69) is 0 Å². The van der Waals surface area contributed by atoms with Crippen LogP contribution in [0.2, 0.25) is 0 Å². The Morgan fingerprint density at radius 3 is 1.91 bits per heavy atom. The smallest absolute Gasteiger partial charge is 0.172 e. The van der Waals surface area contributed by atoms with Gasteiger partial charge in [-0.3, -0.25) is 4.79 Å². The zero-order valence-corrected chi connectivity index (χ0v) is 7.89. The van der Waals surface area contributed by atoms with E-state index in [0.717, 1.165) is 0 Å². The van der Waals surface area contributed by atoms with Crippen LogP contribution in [0.3, 0.4) is 0 Å². The molecule has 0 saturated carbocycles. The first-order valence-electron chi connectivity index (χ1n) is 4.01. The molecular weight excluding hydrogens is 140 g/mol. The monoisotopic (exact) mass is 156 g/mol. The average Bonchev–Trinajstić information content (AvgIpc) is 2.38. The van der Waals surface area contributed by atoms with Gasteiger partial charge in [0.2, 0.25) is 0 Å². The molecule has 0 N–H and O–H groups in total. The predicted octanol–water partition coefficient (Wildman–Crippen LogP) is 1.78. The highest BCUT2D eigenvalue weighted by Gasteiger charge is 2.57. The molecule has 1 saturated heterocycles. The summed E-state index contributed by atoms with van der Waals surface area (Å²) in [7, 11) is 0. The molecule has 0 aromatic carbocycles. The highest BCUT2D eigenvalue weighted by atomic mass is 16.6. The molecule has 64 valence electrons. The van der Waals surface area contributed by atoms with E-state index in [4.69, 9.17) is 4.74 Å². The lowest BCUT2D eigenvalue weighted by Crippen LogP contribution is -2.34. The summed E-state index contributed by atoms with van der Waals surface area (Å²) in [5.74, 6) is 0.206. The minimum Gasteiger partial charge on any atom is -0.358 e. The Balaban J connectivity index is 2.71. The fourth-order valence-electron chi connectivity index (χ4n) is 1.32. The van der Waals surface area contributed by atoms with Crippen LogP contribution in [0.5, 0.6) is 0 Å². The molecule has 0 spiro atoms. The Labute approximate surface area is 67.9 Å². The third-order valence-corrected chi connectivity index (χ3v) is 2.27. The van der Waals surface area contributed by atoms with E-state index in [1.54, 1.807) is 0 Å². The molecule has 1 aliphatic heterocycles. The van der Waals surface area contributed by atoms with E-state index in [1.165, 1.54) is 0 Å². The second kappa shape index (κ2) is 2.07. The van der Waals surface area contributed by atoms with Crippen molar-refractivity contribution in [3.8, 4) is 0 Å². The molecule has 0 amide bonds. The van der Waals surface area contributed by atoms with Crippen LogP contribution in [-0.2, 0) is 9.53 Å². The average molecular weight is 156 g/mol. The standard InChI is InChI=1S/C9H16O2/c1-6-9(5,11-6)7(10)8(2,3)4/h6H,1-5H3. The number of Topliss-reactive ketones (excluding diaryl/α,β-unsaturated/α-hetero) is 1. The van der Waals surface area contributed by atoms with Gasteiger partial charge in [0.1, 0.15) is 0 Å². The molecule has 2 nitrogen and oxygen atoms in total. The molecule has 0 aliphatic carbocycles. The Morgan fingerprint density at radius 2 is 1.82 bits per heavy atom. The first kappa shape index (κ1) is 8.72. The van der Waals surface area contributed by atoms with Crippen LogP contribution < -0.4 is 0 Å². The summed E-state index contributed by atoms with van der Waals surface area (Å²) in [6.07, 6.45) is 0.106. The van der Waals surface area contributed by atoms with Gasteiger partial charge >= 0.3 is 0 Å². The van der Waals surface area contributed by atoms with E-state index >= 15 is 0 Å². The van der Waals surface area contributed by atoms with E-state index in [-0.39, 0.29) is 17.3 Å². The number of carbonyl (C=O) groups excluding carboxylic acids is 1. The van der Waals surface area contributed by atoms with Crippen molar-refractivity contribution in [3.63, 3.8) is 0 Å². The number of hydrogen-bond acceptors (Lipinski definition) is 2. The van der Waals surface area contributed by atoms with Crippen molar-refractivity contribution in [3.05, 3.63) is 0 Å². The minimum absolute atomic E-state index is 0.106. The summed E-state index contributed by atoms with van der Waals surface area (Å²) in [6, 6.07) is 0. The molecular formula is C9H16O2. The summed E-state index contributed by atoms with van der Waals surface area (Å²) in [5, 5.41) is 0. The van der Waals surface area contributed by atoms with Crippen molar-refractivity contribution in [2.75, 3.05) is 0 Å². The molecule has 2 atom stereocenters. The Hall–Kier alpha value is -0.370. The Bertz CT molecular complexity index is 190. The maximum Gasteiger partial charge on any atom is 0.172 e. The summed E-state index contributed by atoms with van der Waals surface area (Å²) in [5.41, 5.74) is -0.766. The maximum absolute atomic E-state index is 11.6. The second-order valence-corrected chi connectivity index (χ2v) is 4.45. The van der Waals surface area contributed by atoms with Crippen LogP contribution in [0.4, 0.5) is 0 Å². The predicted molar refractivity (Wildman–Crippen MR) is 43.4 cm³/mol. The molecule has 0 radical (unpaired) electrons. The van der Waals surface area contributed by atoms with E-state index in [1.807, 2.05) is 34.6 Å². The zero-order chi connectivity index (χ0) is 8.86. The normalized spacial score (nSPS) is 37.0. The molecule has 1 fully saturated rings. The van der Waals surface area contributed by atoms with Crippen molar-refractivity contribution >= 4 is 5.78 Å². The minimum atomic E-state index is -0.488. The van der Waals surface area contributed by atoms with Crippen LogP contribution >= 0.6 is 0 Å². The van der Waals surface area contributed by atoms with Crippen LogP contribution in [0, 0.1) is 5.41 Å². The number of carbonyl (C=O) groups is 1.